The molecular weight excluding hydrogens is 244 g/mol. The van der Waals surface area contributed by atoms with Gasteiger partial charge < -0.3 is 9.94 Å². The smallest absolute Gasteiger partial charge is 0.410 e. The molecule has 1 aromatic rings. The number of nitrogens with zero attached hydrogens (tertiary/aromatic N) is 2. The molecule has 19 heavy (non-hydrogen) atoms. The van der Waals surface area contributed by atoms with Gasteiger partial charge in [0.1, 0.15) is 11.3 Å². The highest BCUT2D eigenvalue weighted by molar-refractivity contribution is 6.05. The molecule has 102 valence electrons. The molecule has 1 heterocycles. The lowest BCUT2D eigenvalue weighted by Gasteiger charge is -2.31. The van der Waals surface area contributed by atoms with E-state index in [1.807, 2.05) is 45.0 Å². The van der Waals surface area contributed by atoms with E-state index < -0.39 is 11.7 Å². The number of amides is 1. The Morgan fingerprint density at radius 3 is 2.63 bits per heavy atom. The lowest BCUT2D eigenvalue weighted by Crippen LogP contribution is -2.42. The van der Waals surface area contributed by atoms with Crippen LogP contribution in [0.4, 0.5) is 4.79 Å². The molecule has 0 aromatic heterocycles. The van der Waals surface area contributed by atoms with E-state index in [1.165, 1.54) is 4.90 Å². The largest absolute Gasteiger partial charge is 0.444 e. The van der Waals surface area contributed by atoms with Crippen molar-refractivity contribution in [1.82, 2.24) is 4.90 Å². The zero-order valence-electron chi connectivity index (χ0n) is 11.4. The molecule has 1 aliphatic heterocycles. The van der Waals surface area contributed by atoms with Crippen LogP contribution in [0.3, 0.4) is 0 Å². The number of hydrogen-bond acceptors (Lipinski definition) is 4. The van der Waals surface area contributed by atoms with Crippen molar-refractivity contribution in [1.29, 1.82) is 0 Å². The summed E-state index contributed by atoms with van der Waals surface area (Å²) in [5.41, 5.74) is 1.77. The molecule has 1 amide bonds. The van der Waals surface area contributed by atoms with Crippen LogP contribution < -0.4 is 0 Å². The zero-order chi connectivity index (χ0) is 14.0. The van der Waals surface area contributed by atoms with Gasteiger partial charge in [0, 0.05) is 5.56 Å². The van der Waals surface area contributed by atoms with Crippen molar-refractivity contribution in [2.24, 2.45) is 5.16 Å². The third-order valence-corrected chi connectivity index (χ3v) is 2.80. The Morgan fingerprint density at radius 1 is 1.32 bits per heavy atom. The second kappa shape index (κ2) is 4.91. The normalized spacial score (nSPS) is 17.2. The molecule has 0 saturated carbocycles. The molecule has 1 N–H and O–H groups in total. The van der Waals surface area contributed by atoms with Gasteiger partial charge in [0.25, 0.3) is 0 Å². The molecule has 0 aliphatic carbocycles. The van der Waals surface area contributed by atoms with Gasteiger partial charge in [-0.2, -0.15) is 0 Å². The minimum Gasteiger partial charge on any atom is -0.444 e. The first kappa shape index (κ1) is 13.4. The van der Waals surface area contributed by atoms with Gasteiger partial charge in [0.15, 0.2) is 0 Å². The summed E-state index contributed by atoms with van der Waals surface area (Å²) in [5.74, 6) is 0. The molecule has 1 aliphatic rings. The van der Waals surface area contributed by atoms with Gasteiger partial charge in [0.2, 0.25) is 0 Å². The first-order valence-corrected chi connectivity index (χ1v) is 6.18. The van der Waals surface area contributed by atoms with Gasteiger partial charge in [0.05, 0.1) is 13.1 Å². The fourth-order valence-electron chi connectivity index (χ4n) is 2.01. The SMILES string of the molecule is CC(C)(C)OC(=O)N1C/C(=N/O)c2ccccc2C1. The van der Waals surface area contributed by atoms with Gasteiger partial charge in [-0.3, -0.25) is 4.90 Å². The quantitative estimate of drug-likeness (QED) is 0.577. The van der Waals surface area contributed by atoms with Crippen molar-refractivity contribution in [3.63, 3.8) is 0 Å². The van der Waals surface area contributed by atoms with E-state index in [2.05, 4.69) is 5.16 Å². The fourth-order valence-corrected chi connectivity index (χ4v) is 2.01. The topological polar surface area (TPSA) is 62.1 Å². The summed E-state index contributed by atoms with van der Waals surface area (Å²) < 4.78 is 5.34. The Morgan fingerprint density at radius 2 is 2.00 bits per heavy atom. The molecule has 5 nitrogen and oxygen atoms in total. The summed E-state index contributed by atoms with van der Waals surface area (Å²) in [6.07, 6.45) is -0.400. The van der Waals surface area contributed by atoms with E-state index in [4.69, 9.17) is 9.94 Å². The summed E-state index contributed by atoms with van der Waals surface area (Å²) in [6, 6.07) is 7.58. The molecule has 1 aromatic carbocycles. The van der Waals surface area contributed by atoms with Crippen LogP contribution in [-0.4, -0.2) is 34.1 Å². The number of carbonyl (C=O) groups excluding carboxylic acids is 1. The highest BCUT2D eigenvalue weighted by atomic mass is 16.6. The Labute approximate surface area is 112 Å². The first-order chi connectivity index (χ1) is 8.90. The van der Waals surface area contributed by atoms with Crippen LogP contribution >= 0.6 is 0 Å². The number of rotatable bonds is 0. The zero-order valence-corrected chi connectivity index (χ0v) is 11.4. The number of benzene rings is 1. The highest BCUT2D eigenvalue weighted by Crippen LogP contribution is 2.21. The monoisotopic (exact) mass is 262 g/mol. The van der Waals surface area contributed by atoms with Gasteiger partial charge in [-0.25, -0.2) is 4.79 Å². The fraction of sp³-hybridized carbons (Fsp3) is 0.429. The molecule has 2 rings (SSSR count). The van der Waals surface area contributed by atoms with Crippen LogP contribution in [0.15, 0.2) is 29.4 Å². The predicted molar refractivity (Wildman–Crippen MR) is 71.4 cm³/mol. The summed E-state index contributed by atoms with van der Waals surface area (Å²) in [6.45, 7) is 6.18. The lowest BCUT2D eigenvalue weighted by molar-refractivity contribution is 0.0258. The molecule has 0 fully saturated rings. The van der Waals surface area contributed by atoms with Crippen LogP contribution in [0.5, 0.6) is 0 Å². The maximum atomic E-state index is 12.1. The molecule has 0 saturated heterocycles. The summed E-state index contributed by atoms with van der Waals surface area (Å²) >= 11 is 0. The van der Waals surface area contributed by atoms with Crippen molar-refractivity contribution < 1.29 is 14.7 Å². The molecule has 0 spiro atoms. The minimum absolute atomic E-state index is 0.252. The third-order valence-electron chi connectivity index (χ3n) is 2.80. The lowest BCUT2D eigenvalue weighted by atomic mass is 9.98. The van der Waals surface area contributed by atoms with E-state index in [0.717, 1.165) is 11.1 Å². The van der Waals surface area contributed by atoms with Crippen molar-refractivity contribution in [3.05, 3.63) is 35.4 Å². The van der Waals surface area contributed by atoms with Crippen molar-refractivity contribution >= 4 is 11.8 Å². The molecule has 0 radical (unpaired) electrons. The summed E-state index contributed by atoms with van der Waals surface area (Å²) in [4.78, 5) is 13.6. The number of ether oxygens (including phenoxy) is 1. The predicted octanol–water partition coefficient (Wildman–Crippen LogP) is 2.62. The number of oxime groups is 1. The molecule has 5 heteroatoms. The van der Waals surface area contributed by atoms with Crippen LogP contribution in [0.25, 0.3) is 0 Å². The van der Waals surface area contributed by atoms with Crippen molar-refractivity contribution in [2.75, 3.05) is 6.54 Å². The molecule has 0 bridgehead atoms. The Kier molecular flexibility index (Phi) is 3.46. The number of hydrogen-bond donors (Lipinski definition) is 1. The van der Waals surface area contributed by atoms with Crippen LogP contribution in [-0.2, 0) is 11.3 Å². The summed E-state index contributed by atoms with van der Waals surface area (Å²) in [5, 5.41) is 12.4. The second-order valence-electron chi connectivity index (χ2n) is 5.54. The maximum Gasteiger partial charge on any atom is 0.410 e. The van der Waals surface area contributed by atoms with E-state index in [-0.39, 0.29) is 6.54 Å². The first-order valence-electron chi connectivity index (χ1n) is 6.18. The van der Waals surface area contributed by atoms with E-state index in [1.54, 1.807) is 0 Å². The molecule has 0 unspecified atom stereocenters. The van der Waals surface area contributed by atoms with E-state index in [9.17, 15) is 4.79 Å². The van der Waals surface area contributed by atoms with Crippen LogP contribution in [0.2, 0.25) is 0 Å². The average molecular weight is 262 g/mol. The number of carbonyl (C=O) groups is 1. The van der Waals surface area contributed by atoms with E-state index in [0.29, 0.717) is 12.3 Å². The standard InChI is InChI=1S/C14H18N2O3/c1-14(2,3)19-13(17)16-8-10-6-4-5-7-11(10)12(9-16)15-18/h4-7,18H,8-9H2,1-3H3/b15-12-. The number of fused-ring (bicyclic) bond motifs is 1. The molecular formula is C14H18N2O3. The summed E-state index contributed by atoms with van der Waals surface area (Å²) in [7, 11) is 0. The van der Waals surface area contributed by atoms with Gasteiger partial charge in [-0.1, -0.05) is 29.4 Å². The average Bonchev–Trinajstić information content (AvgIpc) is 2.35. The Hall–Kier alpha value is -2.04. The highest BCUT2D eigenvalue weighted by Gasteiger charge is 2.28. The van der Waals surface area contributed by atoms with Gasteiger partial charge in [-0.05, 0) is 26.3 Å². The van der Waals surface area contributed by atoms with Crippen molar-refractivity contribution in [2.45, 2.75) is 32.9 Å². The Bertz CT molecular complexity index is 518. The van der Waals surface area contributed by atoms with Crippen LogP contribution in [0, 0.1) is 0 Å². The van der Waals surface area contributed by atoms with Gasteiger partial charge in [-0.15, -0.1) is 0 Å². The van der Waals surface area contributed by atoms with Crippen molar-refractivity contribution in [3.8, 4) is 0 Å². The maximum absolute atomic E-state index is 12.1. The van der Waals surface area contributed by atoms with Gasteiger partial charge >= 0.3 is 6.09 Å². The second-order valence-corrected chi connectivity index (χ2v) is 5.54. The Balaban J connectivity index is 2.22. The third kappa shape index (κ3) is 3.05. The molecule has 0 atom stereocenters. The minimum atomic E-state index is -0.537. The van der Waals surface area contributed by atoms with E-state index >= 15 is 0 Å². The van der Waals surface area contributed by atoms with Crippen LogP contribution in [0.1, 0.15) is 31.9 Å².